The molecule has 0 saturated heterocycles. The maximum atomic E-state index is 12.5. The minimum Gasteiger partial charge on any atom is -0.462 e. The zero-order valence-corrected chi connectivity index (χ0v) is 23.1. The number of rotatable bonds is 19. The standard InChI is InChI=1S/C24H45O13P/c1-3-5-7-9-11-13-18(26)36-16(14-34-17(25)12-10-8-6-4-2)15-35-38(32,33)37-24-22(30)20(28)19(27)21(29)23(24)31/h16,19-24,27-31H,3-15H2,1-2H3,(H,32,33). The third kappa shape index (κ3) is 12.8. The van der Waals surface area contributed by atoms with E-state index in [9.17, 15) is 44.6 Å². The molecule has 1 saturated carbocycles. The number of hydrogen-bond donors (Lipinski definition) is 6. The molecule has 0 bridgehead atoms. The molecule has 1 fully saturated rings. The Hall–Kier alpha value is -1.15. The third-order valence-corrected chi connectivity index (χ3v) is 7.18. The van der Waals surface area contributed by atoms with Gasteiger partial charge in [-0.3, -0.25) is 18.6 Å². The Morgan fingerprint density at radius 3 is 1.74 bits per heavy atom. The van der Waals surface area contributed by atoms with E-state index in [1.54, 1.807) is 0 Å². The molecule has 0 aromatic rings. The van der Waals surface area contributed by atoms with Gasteiger partial charge in [-0.1, -0.05) is 58.8 Å². The molecule has 1 aliphatic rings. The Morgan fingerprint density at radius 2 is 1.18 bits per heavy atom. The van der Waals surface area contributed by atoms with E-state index in [0.717, 1.165) is 44.9 Å². The van der Waals surface area contributed by atoms with Crippen molar-refractivity contribution in [2.45, 2.75) is 127 Å². The van der Waals surface area contributed by atoms with Crippen LogP contribution in [0.3, 0.4) is 0 Å². The van der Waals surface area contributed by atoms with Gasteiger partial charge in [-0.2, -0.15) is 0 Å². The first-order valence-corrected chi connectivity index (χ1v) is 14.8. The Kier molecular flexibility index (Phi) is 16.7. The number of carbonyl (C=O) groups is 2. The fourth-order valence-corrected chi connectivity index (χ4v) is 4.84. The zero-order chi connectivity index (χ0) is 28.7. The van der Waals surface area contributed by atoms with Gasteiger partial charge in [-0.05, 0) is 12.8 Å². The number of esters is 2. The molecule has 1 rings (SSSR count). The topological polar surface area (TPSA) is 210 Å². The van der Waals surface area contributed by atoms with Gasteiger partial charge in [0.05, 0.1) is 6.61 Å². The smallest absolute Gasteiger partial charge is 0.462 e. The lowest BCUT2D eigenvalue weighted by Gasteiger charge is -2.41. The molecule has 0 aliphatic heterocycles. The SMILES string of the molecule is CCCCCCCC(=O)OC(COC(=O)CCCCCC)COP(=O)(O)OC1C(O)C(O)C(O)C(O)C1O. The van der Waals surface area contributed by atoms with E-state index in [4.69, 9.17) is 18.5 Å². The van der Waals surface area contributed by atoms with Gasteiger partial charge in [0.1, 0.15) is 43.2 Å². The molecule has 0 aromatic carbocycles. The molecule has 6 N–H and O–H groups in total. The minimum absolute atomic E-state index is 0.0943. The van der Waals surface area contributed by atoms with Crippen molar-refractivity contribution in [3.05, 3.63) is 0 Å². The monoisotopic (exact) mass is 572 g/mol. The number of hydrogen-bond acceptors (Lipinski definition) is 12. The summed E-state index contributed by atoms with van der Waals surface area (Å²) >= 11 is 0. The molecule has 38 heavy (non-hydrogen) atoms. The van der Waals surface area contributed by atoms with Crippen molar-refractivity contribution >= 4 is 19.8 Å². The lowest BCUT2D eigenvalue weighted by molar-refractivity contribution is -0.220. The van der Waals surface area contributed by atoms with Gasteiger partial charge in [0.2, 0.25) is 0 Å². The van der Waals surface area contributed by atoms with E-state index in [2.05, 4.69) is 6.92 Å². The van der Waals surface area contributed by atoms with Gasteiger partial charge in [-0.25, -0.2) is 4.57 Å². The zero-order valence-electron chi connectivity index (χ0n) is 22.2. The van der Waals surface area contributed by atoms with E-state index >= 15 is 0 Å². The van der Waals surface area contributed by atoms with E-state index in [1.807, 2.05) is 6.92 Å². The van der Waals surface area contributed by atoms with Gasteiger partial charge >= 0.3 is 19.8 Å². The number of unbranched alkanes of at least 4 members (excludes halogenated alkanes) is 7. The van der Waals surface area contributed by atoms with Crippen LogP contribution in [-0.2, 0) is 32.7 Å². The van der Waals surface area contributed by atoms with Gasteiger partial charge < -0.3 is 39.9 Å². The molecule has 0 heterocycles. The average Bonchev–Trinajstić information content (AvgIpc) is 2.88. The quantitative estimate of drug-likeness (QED) is 0.0728. The summed E-state index contributed by atoms with van der Waals surface area (Å²) in [6, 6.07) is 0. The van der Waals surface area contributed by atoms with Crippen LogP contribution in [0.5, 0.6) is 0 Å². The summed E-state index contributed by atoms with van der Waals surface area (Å²) in [5.41, 5.74) is 0. The molecule has 13 nitrogen and oxygen atoms in total. The number of aliphatic hydroxyl groups excluding tert-OH is 5. The van der Waals surface area contributed by atoms with Crippen LogP contribution in [0.15, 0.2) is 0 Å². The van der Waals surface area contributed by atoms with Crippen molar-refractivity contribution in [2.75, 3.05) is 13.2 Å². The fourth-order valence-electron chi connectivity index (χ4n) is 3.87. The Balaban J connectivity index is 2.72. The molecular formula is C24H45O13P. The van der Waals surface area contributed by atoms with Crippen LogP contribution in [0.2, 0.25) is 0 Å². The van der Waals surface area contributed by atoms with Crippen molar-refractivity contribution in [3.63, 3.8) is 0 Å². The number of carbonyl (C=O) groups excluding carboxylic acids is 2. The van der Waals surface area contributed by atoms with Crippen molar-refractivity contribution in [1.82, 2.24) is 0 Å². The number of phosphoric acid groups is 1. The first-order chi connectivity index (χ1) is 17.9. The van der Waals surface area contributed by atoms with E-state index in [0.29, 0.717) is 12.8 Å². The molecule has 1 aliphatic carbocycles. The summed E-state index contributed by atoms with van der Waals surface area (Å²) in [6.45, 7) is 2.93. The van der Waals surface area contributed by atoms with E-state index in [1.165, 1.54) is 0 Å². The van der Waals surface area contributed by atoms with E-state index in [-0.39, 0.29) is 12.8 Å². The van der Waals surface area contributed by atoms with Gasteiger partial charge in [0.15, 0.2) is 6.10 Å². The highest BCUT2D eigenvalue weighted by Gasteiger charge is 2.51. The van der Waals surface area contributed by atoms with Crippen molar-refractivity contribution in [1.29, 1.82) is 0 Å². The molecule has 6 atom stereocenters. The number of phosphoric ester groups is 1. The van der Waals surface area contributed by atoms with Crippen LogP contribution in [0.4, 0.5) is 0 Å². The maximum absolute atomic E-state index is 12.5. The minimum atomic E-state index is -5.07. The second kappa shape index (κ2) is 18.2. The third-order valence-electron chi connectivity index (χ3n) is 6.20. The van der Waals surface area contributed by atoms with Crippen molar-refractivity contribution in [3.8, 4) is 0 Å². The van der Waals surface area contributed by atoms with E-state index < -0.39 is 75.7 Å². The molecule has 0 amide bonds. The highest BCUT2D eigenvalue weighted by atomic mass is 31.2. The van der Waals surface area contributed by atoms with Gasteiger partial charge in [0.25, 0.3) is 0 Å². The number of aliphatic hydroxyl groups is 5. The Bertz CT molecular complexity index is 720. The molecule has 14 heteroatoms. The summed E-state index contributed by atoms with van der Waals surface area (Å²) in [7, 11) is -5.07. The van der Waals surface area contributed by atoms with Gasteiger partial charge in [0, 0.05) is 12.8 Å². The first-order valence-electron chi connectivity index (χ1n) is 13.3. The highest BCUT2D eigenvalue weighted by molar-refractivity contribution is 7.47. The van der Waals surface area contributed by atoms with Crippen molar-refractivity contribution in [2.24, 2.45) is 0 Å². The Labute approximate surface area is 223 Å². The van der Waals surface area contributed by atoms with Crippen LogP contribution >= 0.6 is 7.82 Å². The van der Waals surface area contributed by atoms with Crippen LogP contribution < -0.4 is 0 Å². The summed E-state index contributed by atoms with van der Waals surface area (Å²) in [5.74, 6) is -1.14. The lowest BCUT2D eigenvalue weighted by atomic mass is 9.85. The van der Waals surface area contributed by atoms with Crippen LogP contribution in [-0.4, -0.2) is 98.3 Å². The fraction of sp³-hybridized carbons (Fsp3) is 0.917. The second-order valence-electron chi connectivity index (χ2n) is 9.56. The van der Waals surface area contributed by atoms with Crippen molar-refractivity contribution < 1.29 is 63.1 Å². The molecule has 0 radical (unpaired) electrons. The Morgan fingerprint density at radius 1 is 0.711 bits per heavy atom. The molecule has 0 spiro atoms. The van der Waals surface area contributed by atoms with Crippen LogP contribution in [0.1, 0.15) is 84.5 Å². The molecule has 0 aromatic heterocycles. The summed E-state index contributed by atoms with van der Waals surface area (Å²) < 4.78 is 32.5. The number of ether oxygens (including phenoxy) is 2. The molecule has 6 unspecified atom stereocenters. The van der Waals surface area contributed by atoms with Gasteiger partial charge in [-0.15, -0.1) is 0 Å². The normalized spacial score (nSPS) is 27.9. The summed E-state index contributed by atoms with van der Waals surface area (Å²) in [4.78, 5) is 34.4. The average molecular weight is 573 g/mol. The highest BCUT2D eigenvalue weighted by Crippen LogP contribution is 2.47. The second-order valence-corrected chi connectivity index (χ2v) is 11.0. The van der Waals surface area contributed by atoms with Crippen LogP contribution in [0, 0.1) is 0 Å². The lowest BCUT2D eigenvalue weighted by Crippen LogP contribution is -2.64. The molecular weight excluding hydrogens is 527 g/mol. The first kappa shape index (κ1) is 34.9. The summed E-state index contributed by atoms with van der Waals surface area (Å²) in [5, 5.41) is 49.2. The largest absolute Gasteiger partial charge is 0.472 e. The maximum Gasteiger partial charge on any atom is 0.472 e. The predicted molar refractivity (Wildman–Crippen MR) is 134 cm³/mol. The summed E-state index contributed by atoms with van der Waals surface area (Å²) in [6.07, 6.45) is -4.95. The molecule has 224 valence electrons. The predicted octanol–water partition coefficient (Wildman–Crippen LogP) is 1.09. The van der Waals surface area contributed by atoms with Crippen LogP contribution in [0.25, 0.3) is 0 Å².